The lowest BCUT2D eigenvalue weighted by molar-refractivity contribution is 0.209. The van der Waals surface area contributed by atoms with E-state index in [0.717, 1.165) is 35.6 Å². The van der Waals surface area contributed by atoms with E-state index in [-0.39, 0.29) is 6.04 Å². The Morgan fingerprint density at radius 2 is 1.76 bits per heavy atom. The Hall–Kier alpha value is -0.840. The molecule has 7 heteroatoms. The van der Waals surface area contributed by atoms with E-state index in [1.165, 1.54) is 11.3 Å². The van der Waals surface area contributed by atoms with Gasteiger partial charge in [-0.1, -0.05) is 65.5 Å². The van der Waals surface area contributed by atoms with Crippen molar-refractivity contribution >= 4 is 70.0 Å². The molecule has 2 aromatic carbocycles. The van der Waals surface area contributed by atoms with Crippen LogP contribution in [0.1, 0.15) is 30.5 Å². The standard InChI is InChI=1S/C22H20Cl4N2S/c1-2-7-28-22(14-4-6-18(24)20(26)10-14)16-12-29-11-15(21(16)27-28)8-13-3-5-17(23)19(25)9-13/h3-6,8-10,16,22H,2,7,11-12H2,1H3. The van der Waals surface area contributed by atoms with Gasteiger partial charge in [0.2, 0.25) is 0 Å². The molecule has 1 fully saturated rings. The van der Waals surface area contributed by atoms with Crippen molar-refractivity contribution in [1.29, 1.82) is 0 Å². The highest BCUT2D eigenvalue weighted by Gasteiger charge is 2.41. The van der Waals surface area contributed by atoms with Crippen molar-refractivity contribution in [2.45, 2.75) is 19.4 Å². The second-order valence-corrected chi connectivity index (χ2v) is 9.89. The minimum atomic E-state index is 0.171. The Kier molecular flexibility index (Phi) is 6.72. The van der Waals surface area contributed by atoms with E-state index in [4.69, 9.17) is 51.5 Å². The van der Waals surface area contributed by atoms with Crippen LogP contribution in [0.25, 0.3) is 6.08 Å². The summed E-state index contributed by atoms with van der Waals surface area (Å²) in [6, 6.07) is 11.8. The highest BCUT2D eigenvalue weighted by molar-refractivity contribution is 7.99. The Morgan fingerprint density at radius 3 is 2.45 bits per heavy atom. The van der Waals surface area contributed by atoms with Crippen LogP contribution in [0.5, 0.6) is 0 Å². The summed E-state index contributed by atoms with van der Waals surface area (Å²) < 4.78 is 0. The molecule has 2 nitrogen and oxygen atoms in total. The predicted octanol–water partition coefficient (Wildman–Crippen LogP) is 7.87. The van der Waals surface area contributed by atoms with E-state index >= 15 is 0 Å². The van der Waals surface area contributed by atoms with Crippen LogP contribution in [0.2, 0.25) is 20.1 Å². The fourth-order valence-corrected chi connectivity index (χ4v) is 5.69. The number of hydrogen-bond acceptors (Lipinski definition) is 3. The number of nitrogens with zero attached hydrogens (tertiary/aromatic N) is 2. The van der Waals surface area contributed by atoms with Gasteiger partial charge in [-0.15, -0.1) is 0 Å². The predicted molar refractivity (Wildman–Crippen MR) is 129 cm³/mol. The maximum absolute atomic E-state index is 6.33. The summed E-state index contributed by atoms with van der Waals surface area (Å²) in [6.07, 6.45) is 3.21. The Labute approximate surface area is 195 Å². The third kappa shape index (κ3) is 4.45. The molecule has 152 valence electrons. The third-order valence-electron chi connectivity index (χ3n) is 5.20. The van der Waals surface area contributed by atoms with Crippen LogP contribution in [0.3, 0.4) is 0 Å². The van der Waals surface area contributed by atoms with Gasteiger partial charge in [-0.05, 0) is 53.5 Å². The molecular weight excluding hydrogens is 466 g/mol. The Bertz CT molecular complexity index is 989. The van der Waals surface area contributed by atoms with Gasteiger partial charge in [0.1, 0.15) is 0 Å². The molecule has 0 saturated carbocycles. The zero-order chi connectivity index (χ0) is 20.5. The van der Waals surface area contributed by atoms with Crippen molar-refractivity contribution in [2.24, 2.45) is 11.0 Å². The average Bonchev–Trinajstić information content (AvgIpc) is 3.06. The van der Waals surface area contributed by atoms with Gasteiger partial charge in [-0.2, -0.15) is 16.9 Å². The first-order valence-corrected chi connectivity index (χ1v) is 12.2. The largest absolute Gasteiger partial charge is 0.289 e. The summed E-state index contributed by atoms with van der Waals surface area (Å²) in [5, 5.41) is 9.57. The van der Waals surface area contributed by atoms with Crippen LogP contribution >= 0.6 is 58.2 Å². The van der Waals surface area contributed by atoms with Crippen molar-refractivity contribution in [3.05, 3.63) is 73.2 Å². The first-order valence-electron chi connectivity index (χ1n) is 9.51. The molecule has 2 aliphatic rings. The number of hydrazone groups is 1. The van der Waals surface area contributed by atoms with Crippen molar-refractivity contribution in [3.63, 3.8) is 0 Å². The van der Waals surface area contributed by atoms with Gasteiger partial charge in [-0.3, -0.25) is 5.01 Å². The summed E-state index contributed by atoms with van der Waals surface area (Å²) in [5.74, 6) is 2.28. The molecule has 0 bridgehead atoms. The molecule has 2 heterocycles. The lowest BCUT2D eigenvalue weighted by Gasteiger charge is -2.30. The molecule has 4 rings (SSSR count). The molecule has 0 spiro atoms. The monoisotopic (exact) mass is 484 g/mol. The first-order chi connectivity index (χ1) is 14.0. The van der Waals surface area contributed by atoms with E-state index in [0.29, 0.717) is 26.0 Å². The number of rotatable bonds is 4. The molecular formula is C22H20Cl4N2S. The highest BCUT2D eigenvalue weighted by Crippen LogP contribution is 2.44. The van der Waals surface area contributed by atoms with Crippen LogP contribution < -0.4 is 0 Å². The summed E-state index contributed by atoms with van der Waals surface area (Å²) in [7, 11) is 0. The number of benzene rings is 2. The maximum Gasteiger partial charge on any atom is 0.0812 e. The smallest absolute Gasteiger partial charge is 0.0812 e. The van der Waals surface area contributed by atoms with E-state index in [1.807, 2.05) is 42.1 Å². The molecule has 29 heavy (non-hydrogen) atoms. The molecule has 2 aromatic rings. The van der Waals surface area contributed by atoms with Gasteiger partial charge >= 0.3 is 0 Å². The third-order valence-corrected chi connectivity index (χ3v) is 7.78. The molecule has 0 aromatic heterocycles. The normalized spacial score (nSPS) is 22.7. The topological polar surface area (TPSA) is 15.6 Å². The van der Waals surface area contributed by atoms with Crippen LogP contribution in [0, 0.1) is 5.92 Å². The first kappa shape index (κ1) is 21.4. The molecule has 2 aliphatic heterocycles. The van der Waals surface area contributed by atoms with Gasteiger partial charge in [0.05, 0.1) is 31.8 Å². The zero-order valence-electron chi connectivity index (χ0n) is 15.8. The lowest BCUT2D eigenvalue weighted by atomic mass is 9.87. The van der Waals surface area contributed by atoms with Crippen molar-refractivity contribution in [2.75, 3.05) is 18.1 Å². The zero-order valence-corrected chi connectivity index (χ0v) is 19.7. The molecule has 0 amide bonds. The second kappa shape index (κ2) is 9.11. The van der Waals surface area contributed by atoms with Gasteiger partial charge in [0, 0.05) is 24.0 Å². The second-order valence-electron chi connectivity index (χ2n) is 7.23. The van der Waals surface area contributed by atoms with Crippen LogP contribution in [0.15, 0.2) is 47.1 Å². The van der Waals surface area contributed by atoms with E-state index in [2.05, 4.69) is 24.1 Å². The quantitative estimate of drug-likeness (QED) is 0.437. The molecule has 0 aliphatic carbocycles. The molecule has 2 unspecified atom stereocenters. The van der Waals surface area contributed by atoms with E-state index < -0.39 is 0 Å². The maximum atomic E-state index is 6.33. The number of hydrogen-bond donors (Lipinski definition) is 0. The average molecular weight is 486 g/mol. The number of thioether (sulfide) groups is 1. The molecule has 2 atom stereocenters. The fraction of sp³-hybridized carbons (Fsp3) is 0.318. The van der Waals surface area contributed by atoms with Crippen molar-refractivity contribution in [3.8, 4) is 0 Å². The van der Waals surface area contributed by atoms with Gasteiger partial charge in [0.25, 0.3) is 0 Å². The molecule has 0 N–H and O–H groups in total. The summed E-state index contributed by atoms with van der Waals surface area (Å²) >= 11 is 26.7. The van der Waals surface area contributed by atoms with E-state index in [1.54, 1.807) is 0 Å². The summed E-state index contributed by atoms with van der Waals surface area (Å²) in [6.45, 7) is 3.07. The summed E-state index contributed by atoms with van der Waals surface area (Å²) in [5.41, 5.74) is 4.61. The van der Waals surface area contributed by atoms with Crippen LogP contribution in [-0.4, -0.2) is 28.8 Å². The number of halogens is 4. The number of fused-ring (bicyclic) bond motifs is 1. The van der Waals surface area contributed by atoms with Crippen LogP contribution in [0.4, 0.5) is 0 Å². The van der Waals surface area contributed by atoms with Gasteiger partial charge in [-0.25, -0.2) is 0 Å². The van der Waals surface area contributed by atoms with Gasteiger partial charge < -0.3 is 0 Å². The highest BCUT2D eigenvalue weighted by atomic mass is 35.5. The fourth-order valence-electron chi connectivity index (χ4n) is 3.91. The van der Waals surface area contributed by atoms with Gasteiger partial charge in [0.15, 0.2) is 0 Å². The molecule has 0 radical (unpaired) electrons. The summed E-state index contributed by atoms with van der Waals surface area (Å²) in [4.78, 5) is 0. The SMILES string of the molecule is CCCN1N=C2C(=Cc3ccc(Cl)c(Cl)c3)CSCC2C1c1ccc(Cl)c(Cl)c1. The Balaban J connectivity index is 1.71. The minimum absolute atomic E-state index is 0.171. The van der Waals surface area contributed by atoms with Crippen LogP contribution in [-0.2, 0) is 0 Å². The Morgan fingerprint density at radius 1 is 1.03 bits per heavy atom. The molecule has 1 saturated heterocycles. The van der Waals surface area contributed by atoms with Crippen molar-refractivity contribution in [1.82, 2.24) is 5.01 Å². The minimum Gasteiger partial charge on any atom is -0.289 e. The van der Waals surface area contributed by atoms with Crippen molar-refractivity contribution < 1.29 is 0 Å². The lowest BCUT2D eigenvalue weighted by Crippen LogP contribution is -2.30. The van der Waals surface area contributed by atoms with E-state index in [9.17, 15) is 0 Å².